The van der Waals surface area contributed by atoms with Crippen molar-refractivity contribution in [3.05, 3.63) is 78.1 Å². The molecule has 168 valence electrons. The summed E-state index contributed by atoms with van der Waals surface area (Å²) < 4.78 is 1.60. The van der Waals surface area contributed by atoms with Crippen molar-refractivity contribution in [2.45, 2.75) is 32.5 Å². The fourth-order valence-corrected chi connectivity index (χ4v) is 3.96. The molecule has 3 heterocycles. The Labute approximate surface area is 192 Å². The van der Waals surface area contributed by atoms with Crippen molar-refractivity contribution in [3.63, 3.8) is 0 Å². The maximum absolute atomic E-state index is 12.6. The highest BCUT2D eigenvalue weighted by molar-refractivity contribution is 6.02. The quantitative estimate of drug-likeness (QED) is 0.472. The Balaban J connectivity index is 1.17. The van der Waals surface area contributed by atoms with Crippen LogP contribution in [0.2, 0.25) is 0 Å². The molecule has 1 N–H and O–H groups in total. The van der Waals surface area contributed by atoms with E-state index >= 15 is 0 Å². The number of carbonyl (C=O) groups excluding carboxylic acids is 1. The Bertz CT molecular complexity index is 1190. The number of hydrogen-bond acceptors (Lipinski definition) is 6. The van der Waals surface area contributed by atoms with Crippen LogP contribution >= 0.6 is 0 Å². The predicted molar refractivity (Wildman–Crippen MR) is 124 cm³/mol. The van der Waals surface area contributed by atoms with Crippen molar-refractivity contribution in [1.82, 2.24) is 34.9 Å². The molecule has 0 saturated carbocycles. The first-order valence-electron chi connectivity index (χ1n) is 11.2. The van der Waals surface area contributed by atoms with Gasteiger partial charge in [-0.1, -0.05) is 48.9 Å². The Morgan fingerprint density at radius 1 is 0.909 bits per heavy atom. The Hall–Kier alpha value is -3.85. The maximum Gasteiger partial charge on any atom is 0.276 e. The summed E-state index contributed by atoms with van der Waals surface area (Å²) in [5.41, 5.74) is 3.23. The molecule has 0 radical (unpaired) electrons. The van der Waals surface area contributed by atoms with Gasteiger partial charge in [0, 0.05) is 24.0 Å². The number of benzene rings is 2. The number of aromatic nitrogens is 6. The highest BCUT2D eigenvalue weighted by atomic mass is 16.2. The van der Waals surface area contributed by atoms with Crippen LogP contribution in [-0.2, 0) is 13.2 Å². The molecule has 2 aromatic carbocycles. The van der Waals surface area contributed by atoms with Crippen LogP contribution in [0.15, 0.2) is 66.9 Å². The minimum absolute atomic E-state index is 0.256. The first-order valence-corrected chi connectivity index (χ1v) is 11.2. The van der Waals surface area contributed by atoms with E-state index in [0.717, 1.165) is 17.8 Å². The molecule has 1 aliphatic rings. The van der Waals surface area contributed by atoms with Crippen LogP contribution in [0.5, 0.6) is 0 Å². The Kier molecular flexibility index (Phi) is 6.21. The molecule has 0 spiro atoms. The predicted octanol–water partition coefficient (Wildman–Crippen LogP) is 3.28. The first-order chi connectivity index (χ1) is 16.2. The van der Waals surface area contributed by atoms with Crippen LogP contribution in [0.1, 0.15) is 35.3 Å². The number of piperidine rings is 1. The van der Waals surface area contributed by atoms with Crippen LogP contribution in [0, 0.1) is 0 Å². The summed E-state index contributed by atoms with van der Waals surface area (Å²) in [7, 11) is 0. The summed E-state index contributed by atoms with van der Waals surface area (Å²) in [6.45, 7) is 3.55. The second kappa shape index (κ2) is 9.74. The van der Waals surface area contributed by atoms with Crippen LogP contribution in [0.4, 0.5) is 5.69 Å². The number of carbonyl (C=O) groups is 1. The lowest BCUT2D eigenvalue weighted by molar-refractivity contribution is 0.102. The molecular weight excluding hydrogens is 416 g/mol. The van der Waals surface area contributed by atoms with E-state index in [-0.39, 0.29) is 12.6 Å². The van der Waals surface area contributed by atoms with E-state index in [2.05, 4.69) is 42.9 Å². The minimum Gasteiger partial charge on any atom is -0.321 e. The van der Waals surface area contributed by atoms with E-state index in [1.807, 2.05) is 42.5 Å². The fraction of sp³-hybridized carbons (Fsp3) is 0.292. The van der Waals surface area contributed by atoms with Crippen LogP contribution in [0.25, 0.3) is 11.4 Å². The molecule has 1 aliphatic heterocycles. The molecule has 0 bridgehead atoms. The van der Waals surface area contributed by atoms with Gasteiger partial charge in [0.15, 0.2) is 12.4 Å². The SMILES string of the molecule is O=C(Nc1ccc(CN2CCCCC2)cc1)c1ccn(Cn2nnc(-c3ccccc3)n2)n1. The van der Waals surface area contributed by atoms with Gasteiger partial charge in [0.05, 0.1) is 0 Å². The van der Waals surface area contributed by atoms with E-state index in [1.165, 1.54) is 42.7 Å². The third kappa shape index (κ3) is 5.32. The van der Waals surface area contributed by atoms with Gasteiger partial charge < -0.3 is 5.32 Å². The number of hydrogen-bond donors (Lipinski definition) is 1. The summed E-state index contributed by atoms with van der Waals surface area (Å²) in [4.78, 5) is 16.6. The zero-order chi connectivity index (χ0) is 22.5. The van der Waals surface area contributed by atoms with Crippen molar-refractivity contribution < 1.29 is 4.79 Å². The molecule has 4 aromatic rings. The lowest BCUT2D eigenvalue weighted by Crippen LogP contribution is -2.29. The second-order valence-electron chi connectivity index (χ2n) is 8.22. The first kappa shape index (κ1) is 21.0. The molecule has 9 heteroatoms. The van der Waals surface area contributed by atoms with Crippen LogP contribution < -0.4 is 5.32 Å². The largest absolute Gasteiger partial charge is 0.321 e. The molecule has 9 nitrogen and oxygen atoms in total. The van der Waals surface area contributed by atoms with E-state index in [9.17, 15) is 4.79 Å². The molecule has 5 rings (SSSR count). The van der Waals surface area contributed by atoms with Gasteiger partial charge in [-0.25, -0.2) is 4.68 Å². The zero-order valence-electron chi connectivity index (χ0n) is 18.3. The molecule has 0 unspecified atom stereocenters. The van der Waals surface area contributed by atoms with Crippen molar-refractivity contribution in [3.8, 4) is 11.4 Å². The molecule has 33 heavy (non-hydrogen) atoms. The van der Waals surface area contributed by atoms with Gasteiger partial charge >= 0.3 is 0 Å². The Morgan fingerprint density at radius 3 is 2.48 bits per heavy atom. The number of nitrogens with zero attached hydrogens (tertiary/aromatic N) is 7. The number of anilines is 1. The molecule has 0 atom stereocenters. The summed E-state index contributed by atoms with van der Waals surface area (Å²) in [6, 6.07) is 19.4. The van der Waals surface area contributed by atoms with Gasteiger partial charge in [0.2, 0.25) is 5.82 Å². The third-order valence-corrected chi connectivity index (χ3v) is 5.70. The summed E-state index contributed by atoms with van der Waals surface area (Å²) in [5, 5.41) is 19.8. The van der Waals surface area contributed by atoms with Crippen LogP contribution in [-0.4, -0.2) is 53.9 Å². The lowest BCUT2D eigenvalue weighted by Gasteiger charge is -2.26. The van der Waals surface area contributed by atoms with Crippen molar-refractivity contribution >= 4 is 11.6 Å². The topological polar surface area (TPSA) is 93.8 Å². The van der Waals surface area contributed by atoms with Crippen molar-refractivity contribution in [2.75, 3.05) is 18.4 Å². The average molecular weight is 443 g/mol. The lowest BCUT2D eigenvalue weighted by atomic mass is 10.1. The normalized spacial score (nSPS) is 14.3. The zero-order valence-corrected chi connectivity index (χ0v) is 18.3. The molecule has 1 fully saturated rings. The van der Waals surface area contributed by atoms with E-state index in [1.54, 1.807) is 16.9 Å². The molecule has 0 aliphatic carbocycles. The minimum atomic E-state index is -0.256. The Morgan fingerprint density at radius 2 is 1.70 bits per heavy atom. The van der Waals surface area contributed by atoms with Crippen molar-refractivity contribution in [2.24, 2.45) is 0 Å². The molecule has 1 amide bonds. The highest BCUT2D eigenvalue weighted by Gasteiger charge is 2.13. The van der Waals surface area contributed by atoms with E-state index in [4.69, 9.17) is 0 Å². The van der Waals surface area contributed by atoms with Gasteiger partial charge in [-0.05, 0) is 54.9 Å². The molecule has 1 saturated heterocycles. The number of nitrogens with one attached hydrogen (secondary N) is 1. The monoisotopic (exact) mass is 442 g/mol. The van der Waals surface area contributed by atoms with Gasteiger partial charge in [-0.3, -0.25) is 9.69 Å². The standard InChI is InChI=1S/C24H26N8O/c33-24(25-21-11-9-19(10-12-21)17-30-14-5-2-6-15-30)22-13-16-31(27-22)18-32-28-23(26-29-32)20-7-3-1-4-8-20/h1,3-4,7-13,16H,2,5-6,14-15,17-18H2,(H,25,33). The second-order valence-corrected chi connectivity index (χ2v) is 8.22. The van der Waals surface area contributed by atoms with E-state index < -0.39 is 0 Å². The number of amides is 1. The average Bonchev–Trinajstić information content (AvgIpc) is 3.52. The molecular formula is C24H26N8O. The van der Waals surface area contributed by atoms with Gasteiger partial charge in [-0.15, -0.1) is 15.0 Å². The number of rotatable bonds is 7. The van der Waals surface area contributed by atoms with E-state index in [0.29, 0.717) is 11.5 Å². The maximum atomic E-state index is 12.6. The van der Waals surface area contributed by atoms with Crippen molar-refractivity contribution in [1.29, 1.82) is 0 Å². The van der Waals surface area contributed by atoms with Gasteiger partial charge in [-0.2, -0.15) is 5.10 Å². The fourth-order valence-electron chi connectivity index (χ4n) is 3.96. The summed E-state index contributed by atoms with van der Waals surface area (Å²) in [6.07, 6.45) is 5.62. The smallest absolute Gasteiger partial charge is 0.276 e. The summed E-state index contributed by atoms with van der Waals surface area (Å²) in [5.74, 6) is 0.290. The van der Waals surface area contributed by atoms with Crippen LogP contribution in [0.3, 0.4) is 0 Å². The number of likely N-dealkylation sites (tertiary alicyclic amines) is 1. The van der Waals surface area contributed by atoms with Gasteiger partial charge in [0.25, 0.3) is 5.91 Å². The third-order valence-electron chi connectivity index (χ3n) is 5.70. The summed E-state index contributed by atoms with van der Waals surface area (Å²) >= 11 is 0. The number of tetrazole rings is 1. The highest BCUT2D eigenvalue weighted by Crippen LogP contribution is 2.16. The molecule has 2 aromatic heterocycles. The van der Waals surface area contributed by atoms with Gasteiger partial charge in [0.1, 0.15) is 0 Å².